The average Bonchev–Trinajstić information content (AvgIpc) is 3.56. The number of thioether (sulfide) groups is 1. The van der Waals surface area contributed by atoms with E-state index >= 15 is 0 Å². The normalized spacial score (nSPS) is 19.5. The van der Waals surface area contributed by atoms with Gasteiger partial charge in [0.1, 0.15) is 6.26 Å². The monoisotopic (exact) mass is 427 g/mol. The zero-order valence-corrected chi connectivity index (χ0v) is 17.6. The van der Waals surface area contributed by atoms with Crippen LogP contribution in [0.25, 0.3) is 11.5 Å². The van der Waals surface area contributed by atoms with Crippen molar-refractivity contribution in [1.82, 2.24) is 19.7 Å². The van der Waals surface area contributed by atoms with Crippen LogP contribution in [0.3, 0.4) is 0 Å². The van der Waals surface area contributed by atoms with Crippen molar-refractivity contribution in [2.75, 3.05) is 37.8 Å². The van der Waals surface area contributed by atoms with Crippen molar-refractivity contribution in [3.63, 3.8) is 0 Å². The molecule has 4 heterocycles. The molecule has 1 unspecified atom stereocenters. The van der Waals surface area contributed by atoms with Gasteiger partial charge in [-0.25, -0.2) is 4.98 Å². The summed E-state index contributed by atoms with van der Waals surface area (Å²) >= 11 is 1.63. The topological polar surface area (TPSA) is 78.4 Å². The summed E-state index contributed by atoms with van der Waals surface area (Å²) in [6.07, 6.45) is 4.13. The Kier molecular flexibility index (Phi) is 6.01. The van der Waals surface area contributed by atoms with Crippen molar-refractivity contribution < 1.29 is 13.9 Å². The second-order valence-corrected chi connectivity index (χ2v) is 8.37. The predicted octanol–water partition coefficient (Wildman–Crippen LogP) is 3.24. The van der Waals surface area contributed by atoms with Gasteiger partial charge in [-0.3, -0.25) is 4.57 Å². The van der Waals surface area contributed by atoms with Gasteiger partial charge in [0.15, 0.2) is 5.16 Å². The van der Waals surface area contributed by atoms with Gasteiger partial charge in [0, 0.05) is 31.0 Å². The lowest BCUT2D eigenvalue weighted by atomic mass is 10.2. The lowest BCUT2D eigenvalue weighted by Crippen LogP contribution is -2.38. The zero-order valence-electron chi connectivity index (χ0n) is 16.8. The molecule has 5 rings (SSSR count). The highest BCUT2D eigenvalue weighted by molar-refractivity contribution is 7.98. The second-order valence-electron chi connectivity index (χ2n) is 7.43. The average molecular weight is 428 g/mol. The summed E-state index contributed by atoms with van der Waals surface area (Å²) in [6, 6.07) is 9.94. The Morgan fingerprint density at radius 2 is 1.93 bits per heavy atom. The van der Waals surface area contributed by atoms with Crippen LogP contribution in [0.2, 0.25) is 0 Å². The Bertz CT molecular complexity index is 949. The van der Waals surface area contributed by atoms with Crippen LogP contribution in [-0.2, 0) is 21.8 Å². The van der Waals surface area contributed by atoms with Crippen LogP contribution < -0.4 is 4.90 Å². The Morgan fingerprint density at radius 1 is 1.07 bits per heavy atom. The highest BCUT2D eigenvalue weighted by Crippen LogP contribution is 2.28. The predicted molar refractivity (Wildman–Crippen MR) is 114 cm³/mol. The number of nitrogens with zero attached hydrogens (tertiary/aromatic N) is 5. The number of ether oxygens (including phenoxy) is 2. The number of rotatable bonds is 7. The van der Waals surface area contributed by atoms with Gasteiger partial charge in [-0.2, -0.15) is 0 Å². The Morgan fingerprint density at radius 3 is 2.73 bits per heavy atom. The number of anilines is 1. The van der Waals surface area contributed by atoms with Crippen molar-refractivity contribution in [2.45, 2.75) is 36.4 Å². The first-order valence-corrected chi connectivity index (χ1v) is 11.4. The maximum Gasteiger partial charge on any atom is 0.228 e. The fraction of sp³-hybridized carbons (Fsp3) is 0.476. The van der Waals surface area contributed by atoms with Crippen molar-refractivity contribution in [3.8, 4) is 11.5 Å². The molecule has 9 heteroatoms. The smallest absolute Gasteiger partial charge is 0.228 e. The van der Waals surface area contributed by atoms with Crippen molar-refractivity contribution in [2.24, 2.45) is 0 Å². The van der Waals surface area contributed by atoms with E-state index in [4.69, 9.17) is 13.9 Å². The molecule has 2 aliphatic heterocycles. The molecule has 2 aliphatic rings. The molecule has 1 atom stereocenters. The first-order valence-electron chi connectivity index (χ1n) is 10.4. The van der Waals surface area contributed by atoms with Crippen LogP contribution in [-0.4, -0.2) is 58.8 Å². The highest BCUT2D eigenvalue weighted by Gasteiger charge is 2.25. The molecule has 2 fully saturated rings. The highest BCUT2D eigenvalue weighted by atomic mass is 32.2. The minimum Gasteiger partial charge on any atom is -0.444 e. The molecule has 0 spiro atoms. The minimum atomic E-state index is 0.219. The first-order chi connectivity index (χ1) is 14.9. The van der Waals surface area contributed by atoms with Crippen molar-refractivity contribution >= 4 is 17.7 Å². The summed E-state index contributed by atoms with van der Waals surface area (Å²) in [5, 5.41) is 9.89. The Labute approximate surface area is 179 Å². The van der Waals surface area contributed by atoms with Gasteiger partial charge in [-0.05, 0) is 25.0 Å². The summed E-state index contributed by atoms with van der Waals surface area (Å²) in [7, 11) is 0. The molecule has 8 nitrogen and oxygen atoms in total. The number of hydrogen-bond donors (Lipinski definition) is 0. The fourth-order valence-electron chi connectivity index (χ4n) is 3.76. The van der Waals surface area contributed by atoms with E-state index in [2.05, 4.69) is 24.6 Å². The molecule has 0 saturated carbocycles. The standard InChI is InChI=1S/C21H25N5O3S/c1-2-5-16(6-3-1)19-22-17(14-29-19)15-30-21-24-23-20(25-8-11-27-12-9-25)26(21)13-18-7-4-10-28-18/h1-3,5-6,14,18H,4,7-13,15H2. The summed E-state index contributed by atoms with van der Waals surface area (Å²) in [5.41, 5.74) is 1.86. The number of hydrogen-bond acceptors (Lipinski definition) is 8. The summed E-state index contributed by atoms with van der Waals surface area (Å²) < 4.78 is 19.2. The van der Waals surface area contributed by atoms with Gasteiger partial charge in [0.05, 0.1) is 31.6 Å². The molecule has 3 aromatic rings. The molecular formula is C21H25N5O3S. The van der Waals surface area contributed by atoms with Gasteiger partial charge in [-0.1, -0.05) is 30.0 Å². The van der Waals surface area contributed by atoms with Crippen LogP contribution in [0.5, 0.6) is 0 Å². The second kappa shape index (κ2) is 9.20. The molecule has 0 N–H and O–H groups in total. The Hall–Kier alpha value is -2.36. The Balaban J connectivity index is 1.32. The molecule has 2 aromatic heterocycles. The first kappa shape index (κ1) is 19.6. The van der Waals surface area contributed by atoms with E-state index in [1.165, 1.54) is 0 Å². The van der Waals surface area contributed by atoms with Crippen LogP contribution in [0.1, 0.15) is 18.5 Å². The van der Waals surface area contributed by atoms with E-state index in [0.717, 1.165) is 74.7 Å². The van der Waals surface area contributed by atoms with Gasteiger partial charge < -0.3 is 18.8 Å². The van der Waals surface area contributed by atoms with E-state index < -0.39 is 0 Å². The lowest BCUT2D eigenvalue weighted by Gasteiger charge is -2.28. The van der Waals surface area contributed by atoms with Crippen molar-refractivity contribution in [3.05, 3.63) is 42.3 Å². The van der Waals surface area contributed by atoms with Gasteiger partial charge in [0.25, 0.3) is 0 Å². The number of benzene rings is 1. The van der Waals surface area contributed by atoms with Crippen LogP contribution in [0.4, 0.5) is 5.95 Å². The maximum atomic E-state index is 5.88. The number of oxazole rings is 1. The minimum absolute atomic E-state index is 0.219. The van der Waals surface area contributed by atoms with Crippen LogP contribution in [0.15, 0.2) is 46.2 Å². The van der Waals surface area contributed by atoms with E-state index in [1.807, 2.05) is 30.3 Å². The maximum absolute atomic E-state index is 5.88. The third-order valence-corrected chi connectivity index (χ3v) is 6.32. The quantitative estimate of drug-likeness (QED) is 0.532. The molecule has 0 bridgehead atoms. The fourth-order valence-corrected chi connectivity index (χ4v) is 4.58. The van der Waals surface area contributed by atoms with Crippen LogP contribution >= 0.6 is 11.8 Å². The van der Waals surface area contributed by atoms with E-state index in [1.54, 1.807) is 18.0 Å². The molecule has 2 saturated heterocycles. The van der Waals surface area contributed by atoms with Crippen molar-refractivity contribution in [1.29, 1.82) is 0 Å². The van der Waals surface area contributed by atoms with Gasteiger partial charge in [-0.15, -0.1) is 10.2 Å². The molecular weight excluding hydrogens is 402 g/mol. The SMILES string of the molecule is c1ccc(-c2nc(CSc3nnc(N4CCOCC4)n3CC3CCCO3)co2)cc1. The third-order valence-electron chi connectivity index (χ3n) is 5.32. The number of morpholine rings is 1. The van der Waals surface area contributed by atoms with Crippen LogP contribution in [0, 0.1) is 0 Å². The van der Waals surface area contributed by atoms with E-state index in [9.17, 15) is 0 Å². The lowest BCUT2D eigenvalue weighted by molar-refractivity contribution is 0.0942. The largest absolute Gasteiger partial charge is 0.444 e. The number of aromatic nitrogens is 4. The van der Waals surface area contributed by atoms with E-state index in [-0.39, 0.29) is 6.10 Å². The van der Waals surface area contributed by atoms with Gasteiger partial charge in [0.2, 0.25) is 11.8 Å². The molecule has 0 aliphatic carbocycles. The molecule has 30 heavy (non-hydrogen) atoms. The zero-order chi connectivity index (χ0) is 20.2. The third kappa shape index (κ3) is 4.38. The summed E-state index contributed by atoms with van der Waals surface area (Å²) in [5.74, 6) is 2.21. The molecule has 158 valence electrons. The summed E-state index contributed by atoms with van der Waals surface area (Å²) in [6.45, 7) is 4.71. The summed E-state index contributed by atoms with van der Waals surface area (Å²) in [4.78, 5) is 6.88. The van der Waals surface area contributed by atoms with Gasteiger partial charge >= 0.3 is 0 Å². The molecule has 1 aromatic carbocycles. The molecule has 0 radical (unpaired) electrons. The molecule has 0 amide bonds. The van der Waals surface area contributed by atoms with E-state index in [0.29, 0.717) is 11.6 Å².